The van der Waals surface area contributed by atoms with Gasteiger partial charge in [0.05, 0.1) is 23.0 Å². The lowest BCUT2D eigenvalue weighted by molar-refractivity contribution is 0.386. The second-order valence-electron chi connectivity index (χ2n) is 2.86. The van der Waals surface area contributed by atoms with Crippen LogP contribution in [-0.2, 0) is 9.05 Å². The highest BCUT2D eigenvalue weighted by molar-refractivity contribution is 8.13. The van der Waals surface area contributed by atoms with Crippen LogP contribution in [-0.4, -0.2) is 25.5 Å². The first-order valence-electron chi connectivity index (χ1n) is 3.99. The van der Waals surface area contributed by atoms with Gasteiger partial charge in [0, 0.05) is 10.7 Å². The molecule has 80 valence electrons. The lowest BCUT2D eigenvalue weighted by atomic mass is 10.3. The van der Waals surface area contributed by atoms with Crippen LogP contribution < -0.4 is 4.74 Å². The summed E-state index contributed by atoms with van der Waals surface area (Å²) in [6.45, 7) is 0. The molecule has 0 saturated carbocycles. The number of nitrogens with zero attached hydrogens (tertiary/aromatic N) is 1. The first-order chi connectivity index (χ1) is 7.00. The van der Waals surface area contributed by atoms with Gasteiger partial charge >= 0.3 is 0 Å². The molecule has 0 atom stereocenters. The first kappa shape index (κ1) is 10.3. The molecule has 1 heterocycles. The summed E-state index contributed by atoms with van der Waals surface area (Å²) < 4.78 is 27.0. The maximum atomic E-state index is 11.1. The Morgan fingerprint density at radius 1 is 1.47 bits per heavy atom. The van der Waals surface area contributed by atoms with Crippen molar-refractivity contribution in [2.24, 2.45) is 0 Å². The summed E-state index contributed by atoms with van der Waals surface area (Å²) >= 11 is 0. The third kappa shape index (κ3) is 1.91. The Morgan fingerprint density at radius 2 is 2.20 bits per heavy atom. The lowest BCUT2D eigenvalue weighted by Gasteiger charge is -1.94. The molecule has 0 saturated heterocycles. The topological polar surface area (TPSA) is 72.0 Å². The molecule has 2 rings (SSSR count). The van der Waals surface area contributed by atoms with Crippen LogP contribution >= 0.6 is 10.7 Å². The highest BCUT2D eigenvalue weighted by Crippen LogP contribution is 2.21. The zero-order valence-corrected chi connectivity index (χ0v) is 9.26. The van der Waals surface area contributed by atoms with E-state index in [2.05, 4.69) is 9.97 Å². The number of halogens is 1. The monoisotopic (exact) mass is 246 g/mol. The summed E-state index contributed by atoms with van der Waals surface area (Å²) in [6.07, 6.45) is 0. The van der Waals surface area contributed by atoms with Crippen molar-refractivity contribution in [2.75, 3.05) is 7.11 Å². The number of rotatable bonds is 2. The van der Waals surface area contributed by atoms with Gasteiger partial charge in [-0.3, -0.25) is 0 Å². The van der Waals surface area contributed by atoms with E-state index in [0.29, 0.717) is 17.0 Å². The highest BCUT2D eigenvalue weighted by atomic mass is 35.7. The average molecular weight is 247 g/mol. The molecule has 0 aliphatic heterocycles. The van der Waals surface area contributed by atoms with Crippen molar-refractivity contribution >= 4 is 30.8 Å². The van der Waals surface area contributed by atoms with Crippen LogP contribution in [0.5, 0.6) is 6.01 Å². The number of H-pyrrole nitrogens is 1. The molecule has 0 aliphatic rings. The third-order valence-corrected chi connectivity index (χ3v) is 3.26. The van der Waals surface area contributed by atoms with E-state index in [0.717, 1.165) is 0 Å². The van der Waals surface area contributed by atoms with E-state index in [-0.39, 0.29) is 4.90 Å². The number of ether oxygens (including phenoxy) is 1. The number of hydrogen-bond donors (Lipinski definition) is 1. The molecule has 0 fully saturated rings. The maximum Gasteiger partial charge on any atom is 0.294 e. The normalized spacial score (nSPS) is 11.9. The Labute approximate surface area is 90.5 Å². The second-order valence-corrected chi connectivity index (χ2v) is 5.43. The molecular weight excluding hydrogens is 240 g/mol. The van der Waals surface area contributed by atoms with Crippen molar-refractivity contribution in [3.05, 3.63) is 18.2 Å². The molecule has 0 spiro atoms. The molecule has 5 nitrogen and oxygen atoms in total. The van der Waals surface area contributed by atoms with Crippen LogP contribution in [0.4, 0.5) is 0 Å². The number of nitrogens with one attached hydrogen (secondary N) is 1. The van der Waals surface area contributed by atoms with Crippen molar-refractivity contribution in [1.29, 1.82) is 0 Å². The van der Waals surface area contributed by atoms with Gasteiger partial charge in [-0.05, 0) is 18.2 Å². The first-order valence-corrected chi connectivity index (χ1v) is 6.30. The zero-order chi connectivity index (χ0) is 11.1. The Hall–Kier alpha value is -1.27. The SMILES string of the molecule is COc1nc2ccc(S(=O)(=O)Cl)cc2[nH]1. The molecule has 0 amide bonds. The molecule has 0 aliphatic carbocycles. The fraction of sp³-hybridized carbons (Fsp3) is 0.125. The van der Waals surface area contributed by atoms with Crippen LogP contribution in [0.3, 0.4) is 0 Å². The van der Waals surface area contributed by atoms with Gasteiger partial charge in [0.15, 0.2) is 0 Å². The fourth-order valence-corrected chi connectivity index (χ4v) is 1.99. The number of aromatic amines is 1. The summed E-state index contributed by atoms with van der Waals surface area (Å²) in [4.78, 5) is 6.87. The van der Waals surface area contributed by atoms with Gasteiger partial charge < -0.3 is 9.72 Å². The standard InChI is InChI=1S/C8H7ClN2O3S/c1-14-8-10-6-3-2-5(15(9,12)13)4-7(6)11-8/h2-4H,1H3,(H,10,11). The molecule has 0 unspecified atom stereocenters. The van der Waals surface area contributed by atoms with E-state index in [1.54, 1.807) is 6.07 Å². The average Bonchev–Trinajstić information content (AvgIpc) is 2.57. The Bertz CT molecular complexity index is 605. The molecule has 1 aromatic carbocycles. The summed E-state index contributed by atoms with van der Waals surface area (Å²) in [7, 11) is 2.97. The molecular formula is C8H7ClN2O3S. The fourth-order valence-electron chi connectivity index (χ4n) is 1.21. The lowest BCUT2D eigenvalue weighted by Crippen LogP contribution is -1.89. The van der Waals surface area contributed by atoms with Crippen LogP contribution in [0.1, 0.15) is 0 Å². The van der Waals surface area contributed by atoms with E-state index < -0.39 is 9.05 Å². The van der Waals surface area contributed by atoms with Gasteiger partial charge in [0.25, 0.3) is 15.1 Å². The zero-order valence-electron chi connectivity index (χ0n) is 7.69. The van der Waals surface area contributed by atoms with E-state index >= 15 is 0 Å². The van der Waals surface area contributed by atoms with Crippen molar-refractivity contribution in [1.82, 2.24) is 9.97 Å². The predicted molar refractivity (Wildman–Crippen MR) is 55.7 cm³/mol. The van der Waals surface area contributed by atoms with Gasteiger partial charge in [-0.1, -0.05) is 0 Å². The summed E-state index contributed by atoms with van der Waals surface area (Å²) in [5, 5.41) is 0. The van der Waals surface area contributed by atoms with Crippen LogP contribution in [0.2, 0.25) is 0 Å². The molecule has 0 bridgehead atoms. The minimum Gasteiger partial charge on any atom is -0.468 e. The van der Waals surface area contributed by atoms with E-state index in [1.807, 2.05) is 0 Å². The van der Waals surface area contributed by atoms with Crippen molar-refractivity contribution < 1.29 is 13.2 Å². The van der Waals surface area contributed by atoms with Gasteiger partial charge in [-0.2, -0.15) is 4.98 Å². The number of methoxy groups -OCH3 is 1. The third-order valence-electron chi connectivity index (χ3n) is 1.91. The molecule has 2 aromatic rings. The summed E-state index contributed by atoms with van der Waals surface area (Å²) in [6, 6.07) is 4.69. The van der Waals surface area contributed by atoms with Crippen molar-refractivity contribution in [2.45, 2.75) is 4.90 Å². The van der Waals surface area contributed by atoms with Gasteiger partial charge in [-0.15, -0.1) is 0 Å². The van der Waals surface area contributed by atoms with Gasteiger partial charge in [-0.25, -0.2) is 8.42 Å². The second kappa shape index (κ2) is 3.39. The number of fused-ring (bicyclic) bond motifs is 1. The molecule has 7 heteroatoms. The smallest absolute Gasteiger partial charge is 0.294 e. The largest absolute Gasteiger partial charge is 0.468 e. The minimum atomic E-state index is -3.71. The Kier molecular flexibility index (Phi) is 2.32. The summed E-state index contributed by atoms with van der Waals surface area (Å²) in [5.41, 5.74) is 1.18. The minimum absolute atomic E-state index is 0.0305. The number of imidazole rings is 1. The summed E-state index contributed by atoms with van der Waals surface area (Å²) in [5.74, 6) is 0. The predicted octanol–water partition coefficient (Wildman–Crippen LogP) is 1.50. The van der Waals surface area contributed by atoms with E-state index in [4.69, 9.17) is 15.4 Å². The van der Waals surface area contributed by atoms with Gasteiger partial charge in [0.1, 0.15) is 0 Å². The molecule has 0 radical (unpaired) electrons. The van der Waals surface area contributed by atoms with Crippen LogP contribution in [0.25, 0.3) is 11.0 Å². The molecule has 1 N–H and O–H groups in total. The quantitative estimate of drug-likeness (QED) is 0.815. The van der Waals surface area contributed by atoms with E-state index in [1.165, 1.54) is 19.2 Å². The number of benzene rings is 1. The Morgan fingerprint density at radius 3 is 2.80 bits per heavy atom. The van der Waals surface area contributed by atoms with Crippen LogP contribution in [0.15, 0.2) is 23.1 Å². The number of aromatic nitrogens is 2. The van der Waals surface area contributed by atoms with Crippen LogP contribution in [0, 0.1) is 0 Å². The molecule has 15 heavy (non-hydrogen) atoms. The maximum absolute atomic E-state index is 11.1. The molecule has 1 aromatic heterocycles. The highest BCUT2D eigenvalue weighted by Gasteiger charge is 2.12. The number of hydrogen-bond acceptors (Lipinski definition) is 4. The van der Waals surface area contributed by atoms with Crippen molar-refractivity contribution in [3.8, 4) is 6.01 Å². The van der Waals surface area contributed by atoms with Crippen molar-refractivity contribution in [3.63, 3.8) is 0 Å². The van der Waals surface area contributed by atoms with E-state index in [9.17, 15) is 8.42 Å². The van der Waals surface area contributed by atoms with Gasteiger partial charge in [0.2, 0.25) is 0 Å². The Balaban J connectivity index is 2.66.